The predicted octanol–water partition coefficient (Wildman–Crippen LogP) is 4.67. The highest BCUT2D eigenvalue weighted by atomic mass is 16.5. The molecular formula is C25H35N5O2. The number of furan rings is 1. The van der Waals surface area contributed by atoms with Gasteiger partial charge in [0.25, 0.3) is 0 Å². The molecule has 32 heavy (non-hydrogen) atoms. The second-order valence-corrected chi connectivity index (χ2v) is 8.03. The highest BCUT2D eigenvalue weighted by molar-refractivity contribution is 5.79. The van der Waals surface area contributed by atoms with Crippen LogP contribution in [0.2, 0.25) is 0 Å². The molecular weight excluding hydrogens is 402 g/mol. The van der Waals surface area contributed by atoms with E-state index in [9.17, 15) is 0 Å². The summed E-state index contributed by atoms with van der Waals surface area (Å²) in [5.74, 6) is 2.96. The van der Waals surface area contributed by atoms with Gasteiger partial charge in [-0.2, -0.15) is 0 Å². The lowest BCUT2D eigenvalue weighted by atomic mass is 9.99. The van der Waals surface area contributed by atoms with Gasteiger partial charge in [0, 0.05) is 32.1 Å². The van der Waals surface area contributed by atoms with Gasteiger partial charge in [-0.25, -0.2) is 0 Å². The Kier molecular flexibility index (Phi) is 8.92. The van der Waals surface area contributed by atoms with Crippen LogP contribution in [0, 0.1) is 0 Å². The fraction of sp³-hybridized carbons (Fsp3) is 0.440. The molecule has 2 heterocycles. The Balaban J connectivity index is 1.52. The van der Waals surface area contributed by atoms with Crippen molar-refractivity contribution in [1.29, 1.82) is 0 Å². The van der Waals surface area contributed by atoms with Gasteiger partial charge < -0.3 is 19.6 Å². The van der Waals surface area contributed by atoms with Crippen molar-refractivity contribution in [3.63, 3.8) is 0 Å². The van der Waals surface area contributed by atoms with Crippen molar-refractivity contribution in [3.8, 4) is 0 Å². The van der Waals surface area contributed by atoms with Crippen LogP contribution in [0.1, 0.15) is 60.9 Å². The Bertz CT molecular complexity index is 960. The molecule has 0 saturated heterocycles. The number of hydrogen-bond acceptors (Lipinski definition) is 5. The third-order valence-electron chi connectivity index (χ3n) is 5.65. The molecule has 3 rings (SSSR count). The molecule has 2 N–H and O–H groups in total. The number of guanidine groups is 1. The van der Waals surface area contributed by atoms with Gasteiger partial charge in [0.15, 0.2) is 11.7 Å². The molecule has 0 aliphatic rings. The fourth-order valence-electron chi connectivity index (χ4n) is 3.78. The van der Waals surface area contributed by atoms with Crippen LogP contribution in [-0.2, 0) is 26.2 Å². The van der Waals surface area contributed by atoms with Crippen LogP contribution in [0.4, 0.5) is 0 Å². The standard InChI is InChI=1S/C25H35N5O2/c1-5-19(6-2)24-14-23(32-29-24)16-28-25(26-3)27-15-20-10-7-8-11-21(20)17-30(4)18-22-12-9-13-31-22/h7-14,19H,5-6,15-18H2,1-4H3,(H2,26,27,28). The molecule has 0 atom stereocenters. The van der Waals surface area contributed by atoms with E-state index in [0.717, 1.165) is 49.1 Å². The average Bonchev–Trinajstić information content (AvgIpc) is 3.48. The molecule has 1 aromatic carbocycles. The molecule has 7 heteroatoms. The first-order chi connectivity index (χ1) is 15.6. The zero-order valence-electron chi connectivity index (χ0n) is 19.6. The molecule has 0 spiro atoms. The minimum absolute atomic E-state index is 0.451. The summed E-state index contributed by atoms with van der Waals surface area (Å²) in [7, 11) is 3.87. The molecule has 3 aromatic rings. The lowest BCUT2D eigenvalue weighted by molar-refractivity contribution is 0.287. The van der Waals surface area contributed by atoms with Crippen LogP contribution in [-0.4, -0.2) is 30.1 Å². The van der Waals surface area contributed by atoms with E-state index < -0.39 is 0 Å². The van der Waals surface area contributed by atoms with Crippen LogP contribution in [0.5, 0.6) is 0 Å². The van der Waals surface area contributed by atoms with Gasteiger partial charge in [0.1, 0.15) is 5.76 Å². The first-order valence-corrected chi connectivity index (χ1v) is 11.3. The molecule has 0 saturated carbocycles. The normalized spacial score (nSPS) is 12.0. The zero-order valence-corrected chi connectivity index (χ0v) is 19.6. The molecule has 0 aliphatic carbocycles. The maximum absolute atomic E-state index is 5.50. The Morgan fingerprint density at radius 2 is 1.75 bits per heavy atom. The quantitative estimate of drug-likeness (QED) is 0.335. The summed E-state index contributed by atoms with van der Waals surface area (Å²) in [5.41, 5.74) is 3.54. The van der Waals surface area contributed by atoms with Crippen molar-refractivity contribution >= 4 is 5.96 Å². The number of benzene rings is 1. The second-order valence-electron chi connectivity index (χ2n) is 8.03. The summed E-state index contributed by atoms with van der Waals surface area (Å²) in [6, 6.07) is 14.4. The topological polar surface area (TPSA) is 78.8 Å². The summed E-state index contributed by atoms with van der Waals surface area (Å²) in [4.78, 5) is 6.58. The molecule has 0 bridgehead atoms. The van der Waals surface area contributed by atoms with Crippen LogP contribution >= 0.6 is 0 Å². The van der Waals surface area contributed by atoms with E-state index in [2.05, 4.69) is 70.8 Å². The average molecular weight is 438 g/mol. The van der Waals surface area contributed by atoms with E-state index in [-0.39, 0.29) is 0 Å². The third kappa shape index (κ3) is 6.72. The Morgan fingerprint density at radius 1 is 1.00 bits per heavy atom. The van der Waals surface area contributed by atoms with Gasteiger partial charge in [-0.05, 0) is 43.1 Å². The molecule has 0 radical (unpaired) electrons. The second kappa shape index (κ2) is 12.1. The monoisotopic (exact) mass is 437 g/mol. The van der Waals surface area contributed by atoms with Gasteiger partial charge in [-0.15, -0.1) is 0 Å². The smallest absolute Gasteiger partial charge is 0.191 e. The van der Waals surface area contributed by atoms with Crippen LogP contribution in [0.15, 0.2) is 62.7 Å². The number of nitrogens with zero attached hydrogens (tertiary/aromatic N) is 3. The first-order valence-electron chi connectivity index (χ1n) is 11.3. The van der Waals surface area contributed by atoms with Crippen molar-refractivity contribution in [2.24, 2.45) is 4.99 Å². The summed E-state index contributed by atoms with van der Waals surface area (Å²) >= 11 is 0. The maximum atomic E-state index is 5.50. The number of aliphatic imine (C=N–C) groups is 1. The number of nitrogens with one attached hydrogen (secondary N) is 2. The van der Waals surface area contributed by atoms with Gasteiger partial charge in [-0.3, -0.25) is 9.89 Å². The van der Waals surface area contributed by atoms with Crippen molar-refractivity contribution in [3.05, 3.63) is 77.1 Å². The Morgan fingerprint density at radius 3 is 2.44 bits per heavy atom. The molecule has 0 amide bonds. The Hall–Kier alpha value is -3.06. The van der Waals surface area contributed by atoms with E-state index in [4.69, 9.17) is 8.94 Å². The lowest BCUT2D eigenvalue weighted by Crippen LogP contribution is -2.36. The maximum Gasteiger partial charge on any atom is 0.191 e. The van der Waals surface area contributed by atoms with Crippen molar-refractivity contribution in [2.75, 3.05) is 14.1 Å². The minimum atomic E-state index is 0.451. The molecule has 2 aromatic heterocycles. The highest BCUT2D eigenvalue weighted by Gasteiger charge is 2.13. The zero-order chi connectivity index (χ0) is 22.8. The first kappa shape index (κ1) is 23.6. The summed E-state index contributed by atoms with van der Waals surface area (Å²) in [6.07, 6.45) is 3.84. The van der Waals surface area contributed by atoms with Crippen LogP contribution in [0.3, 0.4) is 0 Å². The number of aromatic nitrogens is 1. The van der Waals surface area contributed by atoms with Crippen molar-refractivity contribution < 1.29 is 8.94 Å². The van der Waals surface area contributed by atoms with Crippen molar-refractivity contribution in [2.45, 2.75) is 58.8 Å². The van der Waals surface area contributed by atoms with Gasteiger partial charge in [-0.1, -0.05) is 43.3 Å². The largest absolute Gasteiger partial charge is 0.468 e. The summed E-state index contributed by atoms with van der Waals surface area (Å²) < 4.78 is 11.0. The molecule has 7 nitrogen and oxygen atoms in total. The molecule has 0 aliphatic heterocycles. The van der Waals surface area contributed by atoms with E-state index >= 15 is 0 Å². The molecule has 172 valence electrons. The highest BCUT2D eigenvalue weighted by Crippen LogP contribution is 2.22. The van der Waals surface area contributed by atoms with E-state index in [1.165, 1.54) is 11.1 Å². The van der Waals surface area contributed by atoms with E-state index in [1.807, 2.05) is 18.2 Å². The van der Waals surface area contributed by atoms with E-state index in [1.54, 1.807) is 13.3 Å². The summed E-state index contributed by atoms with van der Waals surface area (Å²) in [6.45, 7) is 7.19. The van der Waals surface area contributed by atoms with Gasteiger partial charge in [0.2, 0.25) is 0 Å². The fourth-order valence-corrected chi connectivity index (χ4v) is 3.78. The molecule has 0 fully saturated rings. The molecule has 0 unspecified atom stereocenters. The van der Waals surface area contributed by atoms with Crippen molar-refractivity contribution in [1.82, 2.24) is 20.7 Å². The van der Waals surface area contributed by atoms with E-state index in [0.29, 0.717) is 19.0 Å². The lowest BCUT2D eigenvalue weighted by Gasteiger charge is -2.18. The Labute approximate surface area is 190 Å². The minimum Gasteiger partial charge on any atom is -0.468 e. The summed E-state index contributed by atoms with van der Waals surface area (Å²) in [5, 5.41) is 11.0. The predicted molar refractivity (Wildman–Crippen MR) is 127 cm³/mol. The number of hydrogen-bond donors (Lipinski definition) is 2. The SMILES string of the molecule is CCC(CC)c1cc(CNC(=NC)NCc2ccccc2CN(C)Cc2ccco2)on1. The third-order valence-corrected chi connectivity index (χ3v) is 5.65. The van der Waals surface area contributed by atoms with Gasteiger partial charge >= 0.3 is 0 Å². The van der Waals surface area contributed by atoms with Crippen LogP contribution in [0.25, 0.3) is 0 Å². The van der Waals surface area contributed by atoms with Gasteiger partial charge in [0.05, 0.1) is 25.0 Å². The number of rotatable bonds is 11. The van der Waals surface area contributed by atoms with Crippen LogP contribution < -0.4 is 10.6 Å².